The minimum absolute atomic E-state index is 0.233. The van der Waals surface area contributed by atoms with Crippen molar-refractivity contribution in [2.24, 2.45) is 0 Å². The van der Waals surface area contributed by atoms with Crippen molar-refractivity contribution >= 4 is 41.1 Å². The lowest BCUT2D eigenvalue weighted by Gasteiger charge is -2.21. The Morgan fingerprint density at radius 1 is 1.55 bits per heavy atom. The molecular weight excluding hydrogens is 302 g/mol. The van der Waals surface area contributed by atoms with Crippen molar-refractivity contribution in [3.8, 4) is 6.07 Å². The predicted molar refractivity (Wildman–Crippen MR) is 75.8 cm³/mol. The molecule has 104 valence electrons. The smallest absolute Gasteiger partial charge is 0.327 e. The molecule has 2 amide bonds. The zero-order chi connectivity index (χ0) is 14.7. The monoisotopic (exact) mass is 311 g/mol. The average molecular weight is 312 g/mol. The fourth-order valence-electron chi connectivity index (χ4n) is 1.72. The number of hydrogen-bond donors (Lipinski definition) is 2. The van der Waals surface area contributed by atoms with Crippen molar-refractivity contribution < 1.29 is 14.7 Å². The number of thioether (sulfide) groups is 1. The first kappa shape index (κ1) is 14.5. The third-order valence-electron chi connectivity index (χ3n) is 2.77. The summed E-state index contributed by atoms with van der Waals surface area (Å²) in [5.74, 6) is -0.350. The Kier molecular flexibility index (Phi) is 4.37. The maximum absolute atomic E-state index is 12.1. The number of nitrogens with one attached hydrogen (secondary N) is 1. The van der Waals surface area contributed by atoms with Gasteiger partial charge in [-0.3, -0.25) is 0 Å². The molecule has 0 aliphatic carbocycles. The summed E-state index contributed by atoms with van der Waals surface area (Å²) in [5, 5.41) is 20.5. The Bertz CT molecular complexity index is 602. The number of nitriles is 1. The number of halogens is 1. The van der Waals surface area contributed by atoms with E-state index in [-0.39, 0.29) is 5.02 Å². The molecule has 2 rings (SSSR count). The molecule has 6 nitrogen and oxygen atoms in total. The quantitative estimate of drug-likeness (QED) is 0.873. The summed E-state index contributed by atoms with van der Waals surface area (Å²) in [4.78, 5) is 24.3. The highest BCUT2D eigenvalue weighted by Gasteiger charge is 2.34. The van der Waals surface area contributed by atoms with E-state index in [1.54, 1.807) is 0 Å². The van der Waals surface area contributed by atoms with Crippen LogP contribution in [0.5, 0.6) is 0 Å². The lowest BCUT2D eigenvalue weighted by atomic mass is 10.2. The van der Waals surface area contributed by atoms with E-state index in [1.807, 2.05) is 6.07 Å². The number of anilines is 1. The zero-order valence-corrected chi connectivity index (χ0v) is 11.7. The predicted octanol–water partition coefficient (Wildman–Crippen LogP) is 2.20. The summed E-state index contributed by atoms with van der Waals surface area (Å²) in [7, 11) is 0. The second-order valence-corrected chi connectivity index (χ2v) is 5.47. The van der Waals surface area contributed by atoms with E-state index in [1.165, 1.54) is 34.9 Å². The number of amides is 2. The topological polar surface area (TPSA) is 93.4 Å². The van der Waals surface area contributed by atoms with Gasteiger partial charge in [0.15, 0.2) is 0 Å². The molecule has 1 aromatic rings. The van der Waals surface area contributed by atoms with Crippen molar-refractivity contribution in [1.29, 1.82) is 5.26 Å². The standard InChI is InChI=1S/C12H10ClN3O3S/c13-8-3-7(4-14)1-2-9(8)15-12(19)16-6-20-5-10(16)11(17)18/h1-3,10H,5-6H2,(H,15,19)(H,17,18). The molecule has 0 saturated carbocycles. The molecule has 1 heterocycles. The van der Waals surface area contributed by atoms with Crippen LogP contribution < -0.4 is 5.32 Å². The summed E-state index contributed by atoms with van der Waals surface area (Å²) >= 11 is 7.33. The number of carboxylic acids is 1. The normalized spacial score (nSPS) is 17.6. The average Bonchev–Trinajstić information content (AvgIpc) is 2.90. The third kappa shape index (κ3) is 2.98. The lowest BCUT2D eigenvalue weighted by molar-refractivity contribution is -0.140. The molecule has 0 bridgehead atoms. The molecular formula is C12H10ClN3O3S. The highest BCUT2D eigenvalue weighted by atomic mass is 35.5. The van der Waals surface area contributed by atoms with Crippen LogP contribution in [-0.2, 0) is 4.79 Å². The van der Waals surface area contributed by atoms with Crippen LogP contribution in [0.2, 0.25) is 5.02 Å². The minimum atomic E-state index is -1.03. The van der Waals surface area contributed by atoms with Crippen molar-refractivity contribution in [3.63, 3.8) is 0 Å². The van der Waals surface area contributed by atoms with Crippen LogP contribution in [0.1, 0.15) is 5.56 Å². The van der Waals surface area contributed by atoms with Gasteiger partial charge in [-0.25, -0.2) is 9.59 Å². The van der Waals surface area contributed by atoms with E-state index < -0.39 is 18.0 Å². The summed E-state index contributed by atoms with van der Waals surface area (Å²) in [6, 6.07) is 5.05. The number of hydrogen-bond acceptors (Lipinski definition) is 4. The number of nitrogens with zero attached hydrogens (tertiary/aromatic N) is 2. The number of carbonyl (C=O) groups excluding carboxylic acids is 1. The van der Waals surface area contributed by atoms with Crippen molar-refractivity contribution in [3.05, 3.63) is 28.8 Å². The van der Waals surface area contributed by atoms with Gasteiger partial charge in [0, 0.05) is 5.75 Å². The number of carboxylic acid groups (broad SMARTS) is 1. The Balaban J connectivity index is 2.12. The number of rotatable bonds is 2. The second kappa shape index (κ2) is 6.03. The molecule has 1 atom stereocenters. The summed E-state index contributed by atoms with van der Waals surface area (Å²) in [5.41, 5.74) is 0.727. The van der Waals surface area contributed by atoms with Crippen molar-refractivity contribution in [2.75, 3.05) is 16.9 Å². The molecule has 1 saturated heterocycles. The molecule has 20 heavy (non-hydrogen) atoms. The van der Waals surface area contributed by atoms with Crippen LogP contribution in [0, 0.1) is 11.3 Å². The molecule has 0 aromatic heterocycles. The first-order valence-electron chi connectivity index (χ1n) is 5.60. The molecule has 1 unspecified atom stereocenters. The number of carbonyl (C=O) groups is 2. The largest absolute Gasteiger partial charge is 0.480 e. The molecule has 8 heteroatoms. The van der Waals surface area contributed by atoms with Crippen molar-refractivity contribution in [2.45, 2.75) is 6.04 Å². The molecule has 1 aliphatic heterocycles. The zero-order valence-electron chi connectivity index (χ0n) is 10.2. The van der Waals surface area contributed by atoms with Crippen LogP contribution in [-0.4, -0.2) is 39.7 Å². The van der Waals surface area contributed by atoms with Gasteiger partial charge in [0.1, 0.15) is 6.04 Å². The Morgan fingerprint density at radius 3 is 2.90 bits per heavy atom. The second-order valence-electron chi connectivity index (χ2n) is 4.06. The van der Waals surface area contributed by atoms with E-state index in [4.69, 9.17) is 22.0 Å². The van der Waals surface area contributed by atoms with Crippen LogP contribution in [0.4, 0.5) is 10.5 Å². The van der Waals surface area contributed by atoms with E-state index in [2.05, 4.69) is 5.32 Å². The van der Waals surface area contributed by atoms with Gasteiger partial charge < -0.3 is 15.3 Å². The van der Waals surface area contributed by atoms with Gasteiger partial charge in [0.25, 0.3) is 0 Å². The first-order chi connectivity index (χ1) is 9.52. The minimum Gasteiger partial charge on any atom is -0.480 e. The van der Waals surface area contributed by atoms with Gasteiger partial charge >= 0.3 is 12.0 Å². The molecule has 1 fully saturated rings. The Hall–Kier alpha value is -1.91. The molecule has 1 aromatic carbocycles. The molecule has 0 radical (unpaired) electrons. The summed E-state index contributed by atoms with van der Waals surface area (Å²) in [6.07, 6.45) is 0. The maximum atomic E-state index is 12.1. The van der Waals surface area contributed by atoms with E-state index in [0.29, 0.717) is 22.9 Å². The number of benzene rings is 1. The van der Waals surface area contributed by atoms with Gasteiger partial charge in [-0.15, -0.1) is 11.8 Å². The summed E-state index contributed by atoms with van der Waals surface area (Å²) in [6.45, 7) is 0. The van der Waals surface area contributed by atoms with Crippen LogP contribution in [0.3, 0.4) is 0 Å². The fourth-order valence-corrected chi connectivity index (χ4v) is 3.09. The highest BCUT2D eigenvalue weighted by Crippen LogP contribution is 2.26. The SMILES string of the molecule is N#Cc1ccc(NC(=O)N2CSCC2C(=O)O)c(Cl)c1. The van der Waals surface area contributed by atoms with Gasteiger partial charge in [0.05, 0.1) is 28.2 Å². The molecule has 2 N–H and O–H groups in total. The lowest BCUT2D eigenvalue weighted by Crippen LogP contribution is -2.44. The first-order valence-corrected chi connectivity index (χ1v) is 7.14. The van der Waals surface area contributed by atoms with Crippen LogP contribution >= 0.6 is 23.4 Å². The number of urea groups is 1. The van der Waals surface area contributed by atoms with E-state index >= 15 is 0 Å². The molecule has 0 spiro atoms. The molecule has 1 aliphatic rings. The Morgan fingerprint density at radius 2 is 2.30 bits per heavy atom. The van der Waals surface area contributed by atoms with Crippen LogP contribution in [0.15, 0.2) is 18.2 Å². The van der Waals surface area contributed by atoms with Gasteiger partial charge in [0.2, 0.25) is 0 Å². The van der Waals surface area contributed by atoms with Gasteiger partial charge in [-0.05, 0) is 18.2 Å². The number of aliphatic carboxylic acids is 1. The Labute approximate surface area is 124 Å². The van der Waals surface area contributed by atoms with Crippen LogP contribution in [0.25, 0.3) is 0 Å². The maximum Gasteiger partial charge on any atom is 0.327 e. The van der Waals surface area contributed by atoms with Crippen molar-refractivity contribution in [1.82, 2.24) is 4.90 Å². The third-order valence-corrected chi connectivity index (χ3v) is 4.09. The van der Waals surface area contributed by atoms with Gasteiger partial charge in [-0.2, -0.15) is 5.26 Å². The van der Waals surface area contributed by atoms with E-state index in [0.717, 1.165) is 0 Å². The fraction of sp³-hybridized carbons (Fsp3) is 0.250. The summed E-state index contributed by atoms with van der Waals surface area (Å²) < 4.78 is 0. The van der Waals surface area contributed by atoms with Gasteiger partial charge in [-0.1, -0.05) is 11.6 Å². The van der Waals surface area contributed by atoms with E-state index in [9.17, 15) is 9.59 Å². The highest BCUT2D eigenvalue weighted by molar-refractivity contribution is 7.99.